The summed E-state index contributed by atoms with van der Waals surface area (Å²) in [5.41, 5.74) is 6.69. The molecule has 7 nitrogen and oxygen atoms in total. The summed E-state index contributed by atoms with van der Waals surface area (Å²) in [7, 11) is 0. The van der Waals surface area contributed by atoms with Gasteiger partial charge in [0.1, 0.15) is 11.6 Å². The van der Waals surface area contributed by atoms with Gasteiger partial charge in [-0.15, -0.1) is 0 Å². The molecule has 1 aromatic carbocycles. The largest absolute Gasteiger partial charge is 0.440 e. The van der Waals surface area contributed by atoms with Gasteiger partial charge in [-0.2, -0.15) is 11.8 Å². The molecule has 3 N–H and O–H groups in total. The van der Waals surface area contributed by atoms with Gasteiger partial charge in [-0.1, -0.05) is 11.6 Å². The van der Waals surface area contributed by atoms with Crippen LogP contribution in [0.15, 0.2) is 22.6 Å². The molecule has 0 aliphatic carbocycles. The molecule has 1 aliphatic heterocycles. The Hall–Kier alpha value is -1.93. The lowest BCUT2D eigenvalue weighted by Gasteiger charge is -2.33. The maximum absolute atomic E-state index is 12.8. The summed E-state index contributed by atoms with van der Waals surface area (Å²) < 4.78 is 5.86. The van der Waals surface area contributed by atoms with E-state index in [-0.39, 0.29) is 11.8 Å². The fourth-order valence-corrected chi connectivity index (χ4v) is 3.96. The van der Waals surface area contributed by atoms with Gasteiger partial charge in [0.2, 0.25) is 5.91 Å². The predicted molar refractivity (Wildman–Crippen MR) is 107 cm³/mol. The lowest BCUT2D eigenvalue weighted by molar-refractivity contribution is -0.134. The van der Waals surface area contributed by atoms with E-state index in [2.05, 4.69) is 10.3 Å². The zero-order valence-electron chi connectivity index (χ0n) is 15.1. The Balaban J connectivity index is 1.62. The number of aromatic nitrogens is 1. The highest BCUT2D eigenvalue weighted by molar-refractivity contribution is 7.98. The van der Waals surface area contributed by atoms with Crippen molar-refractivity contribution in [3.8, 4) is 0 Å². The molecule has 146 valence electrons. The number of nitrogens with two attached hydrogens (primary N) is 1. The number of carbonyl (C=O) groups is 2. The van der Waals surface area contributed by atoms with Gasteiger partial charge >= 0.3 is 6.03 Å². The van der Waals surface area contributed by atoms with Crippen molar-refractivity contribution in [3.05, 3.63) is 29.1 Å². The number of likely N-dealkylation sites (tertiary alicyclic amines) is 1. The number of fused-ring (bicyclic) bond motifs is 1. The molecule has 0 bridgehead atoms. The Labute approximate surface area is 167 Å². The fourth-order valence-electron chi connectivity index (χ4n) is 3.33. The normalized spacial score (nSPS) is 16.4. The highest BCUT2D eigenvalue weighted by atomic mass is 35.5. The third kappa shape index (κ3) is 4.87. The van der Waals surface area contributed by atoms with Crippen molar-refractivity contribution in [2.75, 3.05) is 25.1 Å². The molecule has 2 heterocycles. The van der Waals surface area contributed by atoms with Crippen LogP contribution in [-0.4, -0.2) is 53.0 Å². The van der Waals surface area contributed by atoms with Crippen LogP contribution in [0.1, 0.15) is 31.1 Å². The molecule has 1 aromatic heterocycles. The Kier molecular flexibility index (Phi) is 6.49. The van der Waals surface area contributed by atoms with Crippen molar-refractivity contribution >= 4 is 46.4 Å². The smallest absolute Gasteiger partial charge is 0.312 e. The number of primary amides is 1. The molecule has 0 spiro atoms. The minimum atomic E-state index is -0.672. The quantitative estimate of drug-likeness (QED) is 0.762. The number of nitrogens with zero attached hydrogens (tertiary/aromatic N) is 2. The number of rotatable bonds is 6. The van der Waals surface area contributed by atoms with Crippen molar-refractivity contribution in [2.45, 2.75) is 31.2 Å². The Bertz CT molecular complexity index is 820. The number of piperidine rings is 1. The second-order valence-corrected chi connectivity index (χ2v) is 8.03. The molecule has 3 amide bonds. The SMILES string of the molecule is CSCCC(NC(N)=O)C(=O)N1CCC(c2nc3cc(Cl)ccc3o2)CC1. The van der Waals surface area contributed by atoms with Crippen molar-refractivity contribution in [2.24, 2.45) is 5.73 Å². The van der Waals surface area contributed by atoms with Crippen molar-refractivity contribution < 1.29 is 14.0 Å². The number of oxazole rings is 1. The first-order valence-corrected chi connectivity index (χ1v) is 10.6. The molecule has 1 saturated heterocycles. The minimum Gasteiger partial charge on any atom is -0.440 e. The van der Waals surface area contributed by atoms with E-state index in [0.717, 1.165) is 29.7 Å². The van der Waals surface area contributed by atoms with E-state index in [0.29, 0.717) is 30.4 Å². The molecule has 2 aromatic rings. The molecule has 3 rings (SSSR count). The zero-order valence-corrected chi connectivity index (χ0v) is 16.7. The number of hydrogen-bond donors (Lipinski definition) is 2. The van der Waals surface area contributed by atoms with Crippen LogP contribution in [0.4, 0.5) is 4.79 Å². The summed E-state index contributed by atoms with van der Waals surface area (Å²) in [6, 6.07) is 4.14. The van der Waals surface area contributed by atoms with E-state index < -0.39 is 12.1 Å². The minimum absolute atomic E-state index is 0.0781. The monoisotopic (exact) mass is 410 g/mol. The topological polar surface area (TPSA) is 101 Å². The molecule has 1 unspecified atom stereocenters. The third-order valence-electron chi connectivity index (χ3n) is 4.75. The zero-order chi connectivity index (χ0) is 19.4. The lowest BCUT2D eigenvalue weighted by Crippen LogP contribution is -2.52. The number of nitrogens with one attached hydrogen (secondary N) is 1. The Morgan fingerprint density at radius 1 is 1.44 bits per heavy atom. The molecule has 1 fully saturated rings. The van der Waals surface area contributed by atoms with E-state index in [1.54, 1.807) is 28.8 Å². The van der Waals surface area contributed by atoms with Gasteiger partial charge < -0.3 is 20.4 Å². The van der Waals surface area contributed by atoms with Crippen LogP contribution in [0, 0.1) is 0 Å². The first-order chi connectivity index (χ1) is 13.0. The summed E-state index contributed by atoms with van der Waals surface area (Å²) in [5.74, 6) is 1.55. The van der Waals surface area contributed by atoms with E-state index in [1.807, 2.05) is 12.3 Å². The van der Waals surface area contributed by atoms with Gasteiger partial charge in [0, 0.05) is 24.0 Å². The van der Waals surface area contributed by atoms with Gasteiger partial charge in [-0.05, 0) is 49.5 Å². The molecular formula is C18H23ClN4O3S. The number of benzene rings is 1. The Morgan fingerprint density at radius 3 is 2.85 bits per heavy atom. The van der Waals surface area contributed by atoms with Crippen LogP contribution < -0.4 is 11.1 Å². The standard InChI is InChI=1S/C18H23ClN4O3S/c1-27-9-6-13(22-18(20)25)17(24)23-7-4-11(5-8-23)16-21-14-10-12(19)2-3-15(14)26-16/h2-3,10-11,13H,4-9H2,1H3,(H3,20,22,25). The summed E-state index contributed by atoms with van der Waals surface area (Å²) >= 11 is 7.63. The highest BCUT2D eigenvalue weighted by Crippen LogP contribution is 2.31. The summed E-state index contributed by atoms with van der Waals surface area (Å²) in [5, 5.41) is 3.19. The lowest BCUT2D eigenvalue weighted by atomic mass is 9.96. The second-order valence-electron chi connectivity index (χ2n) is 6.61. The average Bonchev–Trinajstić information content (AvgIpc) is 3.07. The van der Waals surface area contributed by atoms with Gasteiger partial charge in [0.15, 0.2) is 11.5 Å². The number of urea groups is 1. The number of halogens is 1. The summed E-state index contributed by atoms with van der Waals surface area (Å²) in [6.07, 6.45) is 4.05. The van der Waals surface area contributed by atoms with Crippen LogP contribution in [0.3, 0.4) is 0 Å². The predicted octanol–water partition coefficient (Wildman–Crippen LogP) is 2.98. The van der Waals surface area contributed by atoms with Crippen molar-refractivity contribution in [1.29, 1.82) is 0 Å². The summed E-state index contributed by atoms with van der Waals surface area (Å²) in [4.78, 5) is 30.3. The van der Waals surface area contributed by atoms with Crippen LogP contribution in [-0.2, 0) is 4.79 Å². The molecule has 27 heavy (non-hydrogen) atoms. The number of thioether (sulfide) groups is 1. The first kappa shape index (κ1) is 19.8. The van der Waals surface area contributed by atoms with Crippen LogP contribution >= 0.6 is 23.4 Å². The average molecular weight is 411 g/mol. The number of amides is 3. The highest BCUT2D eigenvalue weighted by Gasteiger charge is 2.31. The molecule has 9 heteroatoms. The van der Waals surface area contributed by atoms with Crippen LogP contribution in [0.2, 0.25) is 5.02 Å². The van der Waals surface area contributed by atoms with E-state index >= 15 is 0 Å². The van der Waals surface area contributed by atoms with Gasteiger partial charge in [0.25, 0.3) is 0 Å². The van der Waals surface area contributed by atoms with E-state index in [9.17, 15) is 9.59 Å². The van der Waals surface area contributed by atoms with Crippen molar-refractivity contribution in [1.82, 2.24) is 15.2 Å². The number of carbonyl (C=O) groups excluding carboxylic acids is 2. The molecular weight excluding hydrogens is 388 g/mol. The molecule has 0 radical (unpaired) electrons. The fraction of sp³-hybridized carbons (Fsp3) is 0.500. The second kappa shape index (κ2) is 8.84. The number of hydrogen-bond acceptors (Lipinski definition) is 5. The van der Waals surface area contributed by atoms with Crippen LogP contribution in [0.5, 0.6) is 0 Å². The van der Waals surface area contributed by atoms with Crippen molar-refractivity contribution in [3.63, 3.8) is 0 Å². The molecule has 1 atom stereocenters. The maximum atomic E-state index is 12.8. The summed E-state index contributed by atoms with van der Waals surface area (Å²) in [6.45, 7) is 1.19. The van der Waals surface area contributed by atoms with Gasteiger partial charge in [-0.25, -0.2) is 9.78 Å². The molecule has 1 aliphatic rings. The van der Waals surface area contributed by atoms with E-state index in [4.69, 9.17) is 21.8 Å². The molecule has 0 saturated carbocycles. The van der Waals surface area contributed by atoms with Gasteiger partial charge in [0.05, 0.1) is 0 Å². The van der Waals surface area contributed by atoms with Gasteiger partial charge in [-0.3, -0.25) is 4.79 Å². The van der Waals surface area contributed by atoms with E-state index in [1.165, 1.54) is 0 Å². The third-order valence-corrected chi connectivity index (χ3v) is 5.63. The first-order valence-electron chi connectivity index (χ1n) is 8.87. The van der Waals surface area contributed by atoms with Crippen LogP contribution in [0.25, 0.3) is 11.1 Å². The maximum Gasteiger partial charge on any atom is 0.312 e. The Morgan fingerprint density at radius 2 is 2.19 bits per heavy atom.